The summed E-state index contributed by atoms with van der Waals surface area (Å²) in [5.41, 5.74) is 9.23. The highest BCUT2D eigenvalue weighted by atomic mass is 16.6. The van der Waals surface area contributed by atoms with Crippen LogP contribution in [0.2, 0.25) is 0 Å². The monoisotopic (exact) mass is 506 g/mol. The number of amides is 2. The SMILES string of the molecule is C/C=C/COCCNC(=O)COCCOC(COc1cccc(C(=O)NCCNC(C)C)c1)N=[N+]=[N-]. The molecule has 1 rings (SSSR count). The zero-order chi connectivity index (χ0) is 26.4. The molecule has 200 valence electrons. The second-order valence-corrected chi connectivity index (χ2v) is 7.78. The van der Waals surface area contributed by atoms with Gasteiger partial charge in [0.15, 0.2) is 6.23 Å². The molecule has 1 atom stereocenters. The molecule has 0 saturated heterocycles. The van der Waals surface area contributed by atoms with Crippen LogP contribution in [-0.2, 0) is 19.0 Å². The number of nitrogens with one attached hydrogen (secondary N) is 3. The quantitative estimate of drug-likeness (QED) is 0.0804. The highest BCUT2D eigenvalue weighted by Gasteiger charge is 2.11. The van der Waals surface area contributed by atoms with Gasteiger partial charge in [-0.05, 0) is 30.7 Å². The van der Waals surface area contributed by atoms with Crippen LogP contribution in [0.15, 0.2) is 41.5 Å². The third kappa shape index (κ3) is 15.7. The van der Waals surface area contributed by atoms with Crippen LogP contribution in [-0.4, -0.2) is 83.4 Å². The van der Waals surface area contributed by atoms with Gasteiger partial charge in [0.2, 0.25) is 5.91 Å². The lowest BCUT2D eigenvalue weighted by Crippen LogP contribution is -2.34. The standard InChI is InChI=1S/C24H38N6O6/c1-4-5-12-33-13-11-27-22(31)17-34-14-15-35-23(29-30-25)18-36-21-8-6-7-20(16-21)24(32)28-10-9-26-19(2)3/h4-8,16,19,23,26H,9-15,17-18H2,1-3H3,(H,27,31)(H,28,32)/b5-4+. The van der Waals surface area contributed by atoms with E-state index in [9.17, 15) is 9.59 Å². The van der Waals surface area contributed by atoms with Gasteiger partial charge in [0.05, 0.1) is 26.4 Å². The maximum atomic E-state index is 12.3. The number of hydrogen-bond donors (Lipinski definition) is 3. The zero-order valence-corrected chi connectivity index (χ0v) is 21.3. The van der Waals surface area contributed by atoms with Crippen LogP contribution >= 0.6 is 0 Å². The molecule has 12 heteroatoms. The van der Waals surface area contributed by atoms with Gasteiger partial charge in [-0.2, -0.15) is 0 Å². The molecule has 1 aromatic carbocycles. The van der Waals surface area contributed by atoms with Crippen LogP contribution < -0.4 is 20.7 Å². The van der Waals surface area contributed by atoms with Crippen molar-refractivity contribution < 1.29 is 28.5 Å². The number of carbonyl (C=O) groups excluding carboxylic acids is 2. The minimum Gasteiger partial charge on any atom is -0.491 e. The van der Waals surface area contributed by atoms with Gasteiger partial charge in [-0.25, -0.2) is 0 Å². The summed E-state index contributed by atoms with van der Waals surface area (Å²) in [4.78, 5) is 26.8. The molecular formula is C24H38N6O6. The molecular weight excluding hydrogens is 468 g/mol. The lowest BCUT2D eigenvalue weighted by atomic mass is 10.2. The van der Waals surface area contributed by atoms with Gasteiger partial charge < -0.3 is 34.9 Å². The summed E-state index contributed by atoms with van der Waals surface area (Å²) in [5, 5.41) is 12.3. The van der Waals surface area contributed by atoms with Crippen molar-refractivity contribution in [3.63, 3.8) is 0 Å². The Balaban J connectivity index is 2.30. The van der Waals surface area contributed by atoms with E-state index >= 15 is 0 Å². The molecule has 0 aliphatic rings. The topological polar surface area (TPSA) is 156 Å². The number of azide groups is 1. The van der Waals surface area contributed by atoms with Crippen molar-refractivity contribution in [2.24, 2.45) is 5.11 Å². The smallest absolute Gasteiger partial charge is 0.251 e. The minimum absolute atomic E-state index is 0.0544. The van der Waals surface area contributed by atoms with Crippen LogP contribution in [0.1, 0.15) is 31.1 Å². The minimum atomic E-state index is -0.902. The largest absolute Gasteiger partial charge is 0.491 e. The Hall–Kier alpha value is -3.15. The van der Waals surface area contributed by atoms with Gasteiger partial charge in [0.25, 0.3) is 5.91 Å². The van der Waals surface area contributed by atoms with Crippen molar-refractivity contribution in [3.8, 4) is 5.75 Å². The number of nitrogens with zero attached hydrogens (tertiary/aromatic N) is 3. The fourth-order valence-electron chi connectivity index (χ4n) is 2.68. The summed E-state index contributed by atoms with van der Waals surface area (Å²) in [6.45, 7) is 8.52. The van der Waals surface area contributed by atoms with E-state index in [0.717, 1.165) is 0 Å². The first-order valence-corrected chi connectivity index (χ1v) is 11.9. The average molecular weight is 507 g/mol. The lowest BCUT2D eigenvalue weighted by Gasteiger charge is -2.15. The normalized spacial score (nSPS) is 11.8. The van der Waals surface area contributed by atoms with E-state index in [0.29, 0.717) is 50.2 Å². The lowest BCUT2D eigenvalue weighted by molar-refractivity contribution is -0.126. The molecule has 0 radical (unpaired) electrons. The summed E-state index contributed by atoms with van der Waals surface area (Å²) in [7, 11) is 0. The molecule has 0 bridgehead atoms. The van der Waals surface area contributed by atoms with Crippen LogP contribution in [0.5, 0.6) is 5.75 Å². The predicted molar refractivity (Wildman–Crippen MR) is 136 cm³/mol. The van der Waals surface area contributed by atoms with Gasteiger partial charge in [-0.1, -0.05) is 37.2 Å². The summed E-state index contributed by atoms with van der Waals surface area (Å²) >= 11 is 0. The number of carbonyl (C=O) groups is 2. The Morgan fingerprint density at radius 1 is 1.11 bits per heavy atom. The number of benzene rings is 1. The summed E-state index contributed by atoms with van der Waals surface area (Å²) < 4.78 is 21.7. The summed E-state index contributed by atoms with van der Waals surface area (Å²) in [6, 6.07) is 7.03. The third-order valence-corrected chi connectivity index (χ3v) is 4.42. The molecule has 0 saturated carbocycles. The molecule has 0 aliphatic heterocycles. The van der Waals surface area contributed by atoms with Crippen molar-refractivity contribution in [2.75, 3.05) is 59.3 Å². The Bertz CT molecular complexity index is 844. The molecule has 0 aromatic heterocycles. The first-order valence-electron chi connectivity index (χ1n) is 11.9. The van der Waals surface area contributed by atoms with Crippen molar-refractivity contribution in [1.29, 1.82) is 0 Å². The van der Waals surface area contributed by atoms with E-state index in [1.54, 1.807) is 24.3 Å². The summed E-state index contributed by atoms with van der Waals surface area (Å²) in [5.74, 6) is -0.0387. The molecule has 1 aromatic rings. The Morgan fingerprint density at radius 3 is 2.69 bits per heavy atom. The van der Waals surface area contributed by atoms with E-state index < -0.39 is 6.23 Å². The molecule has 0 aliphatic carbocycles. The van der Waals surface area contributed by atoms with E-state index in [1.165, 1.54) is 0 Å². The van der Waals surface area contributed by atoms with Crippen LogP contribution in [0, 0.1) is 0 Å². The number of rotatable bonds is 20. The van der Waals surface area contributed by atoms with Crippen molar-refractivity contribution >= 4 is 11.8 Å². The highest BCUT2D eigenvalue weighted by molar-refractivity contribution is 5.94. The number of hydrogen-bond acceptors (Lipinski definition) is 8. The maximum absolute atomic E-state index is 12.3. The molecule has 0 fully saturated rings. The zero-order valence-electron chi connectivity index (χ0n) is 21.3. The summed E-state index contributed by atoms with van der Waals surface area (Å²) in [6.07, 6.45) is 2.87. The predicted octanol–water partition coefficient (Wildman–Crippen LogP) is 2.17. The van der Waals surface area contributed by atoms with Crippen molar-refractivity contribution in [1.82, 2.24) is 16.0 Å². The Morgan fingerprint density at radius 2 is 1.94 bits per heavy atom. The second kappa shape index (κ2) is 20.1. The first-order chi connectivity index (χ1) is 17.5. The van der Waals surface area contributed by atoms with Crippen LogP contribution in [0.3, 0.4) is 0 Å². The molecule has 1 unspecified atom stereocenters. The molecule has 3 N–H and O–H groups in total. The first kappa shape index (κ1) is 30.9. The van der Waals surface area contributed by atoms with E-state index in [1.807, 2.05) is 32.9 Å². The van der Waals surface area contributed by atoms with E-state index in [-0.39, 0.29) is 38.2 Å². The fraction of sp³-hybridized carbons (Fsp3) is 0.583. The number of ether oxygens (including phenoxy) is 4. The molecule has 0 heterocycles. The molecule has 36 heavy (non-hydrogen) atoms. The Kier molecular flexibility index (Phi) is 17.2. The van der Waals surface area contributed by atoms with E-state index in [2.05, 4.69) is 26.0 Å². The van der Waals surface area contributed by atoms with Gasteiger partial charge in [-0.15, -0.1) is 0 Å². The maximum Gasteiger partial charge on any atom is 0.251 e. The highest BCUT2D eigenvalue weighted by Crippen LogP contribution is 2.14. The third-order valence-electron chi connectivity index (χ3n) is 4.42. The second-order valence-electron chi connectivity index (χ2n) is 7.78. The van der Waals surface area contributed by atoms with Crippen molar-refractivity contribution in [2.45, 2.75) is 33.0 Å². The van der Waals surface area contributed by atoms with Gasteiger partial charge in [-0.3, -0.25) is 9.59 Å². The number of allylic oxidation sites excluding steroid dienone is 1. The molecule has 0 spiro atoms. The van der Waals surface area contributed by atoms with Crippen molar-refractivity contribution in [3.05, 3.63) is 52.4 Å². The van der Waals surface area contributed by atoms with Gasteiger partial charge in [0.1, 0.15) is 19.0 Å². The average Bonchev–Trinajstić information content (AvgIpc) is 2.86. The molecule has 12 nitrogen and oxygen atoms in total. The van der Waals surface area contributed by atoms with Crippen LogP contribution in [0.4, 0.5) is 0 Å². The van der Waals surface area contributed by atoms with Gasteiger partial charge in [0, 0.05) is 36.2 Å². The van der Waals surface area contributed by atoms with Crippen LogP contribution in [0.25, 0.3) is 10.4 Å². The molecule has 2 amide bonds. The van der Waals surface area contributed by atoms with Gasteiger partial charge >= 0.3 is 0 Å². The Labute approximate surface area is 212 Å². The van der Waals surface area contributed by atoms with E-state index in [4.69, 9.17) is 24.5 Å². The fourth-order valence-corrected chi connectivity index (χ4v) is 2.68.